The van der Waals surface area contributed by atoms with Gasteiger partial charge in [0.1, 0.15) is 6.33 Å². The molecule has 1 aliphatic rings. The van der Waals surface area contributed by atoms with Gasteiger partial charge in [-0.1, -0.05) is 13.8 Å². The number of hydrogen-bond donors (Lipinski definition) is 2. The lowest BCUT2D eigenvalue weighted by Crippen LogP contribution is -2.24. The molecule has 0 saturated carbocycles. The van der Waals surface area contributed by atoms with E-state index in [4.69, 9.17) is 15.2 Å². The minimum Gasteiger partial charge on any atom is -0.450 e. The molecule has 0 fully saturated rings. The van der Waals surface area contributed by atoms with E-state index in [1.54, 1.807) is 22.6 Å². The quantitative estimate of drug-likeness (QED) is 0.263. The monoisotopic (exact) mass is 548 g/mol. The number of nitrogen functional groups attached to an aromatic ring is 1. The lowest BCUT2D eigenvalue weighted by atomic mass is 10.3. The Bertz CT molecular complexity index is 1110. The maximum Gasteiger partial charge on any atom is 0.231 e. The summed E-state index contributed by atoms with van der Waals surface area (Å²) in [6.45, 7) is 5.27. The predicted molar refractivity (Wildman–Crippen MR) is 117 cm³/mol. The highest BCUT2D eigenvalue weighted by molar-refractivity contribution is 14.1. The van der Waals surface area contributed by atoms with Crippen LogP contribution in [-0.2, 0) is 6.54 Å². The molecule has 3 aromatic rings. The van der Waals surface area contributed by atoms with E-state index >= 15 is 4.39 Å². The molecule has 1 aromatic carbocycles. The van der Waals surface area contributed by atoms with E-state index in [2.05, 4.69) is 34.1 Å². The van der Waals surface area contributed by atoms with Crippen molar-refractivity contribution in [3.63, 3.8) is 0 Å². The van der Waals surface area contributed by atoms with Gasteiger partial charge in [0.2, 0.25) is 18.3 Å². The molecule has 0 bridgehead atoms. The van der Waals surface area contributed by atoms with Crippen LogP contribution in [0.3, 0.4) is 0 Å². The van der Waals surface area contributed by atoms with Gasteiger partial charge in [-0.05, 0) is 47.3 Å². The fourth-order valence-electron chi connectivity index (χ4n) is 3.03. The average molecular weight is 548 g/mol. The van der Waals surface area contributed by atoms with Crippen LogP contribution in [0.5, 0.6) is 11.5 Å². The third kappa shape index (κ3) is 3.87. The van der Waals surface area contributed by atoms with Crippen molar-refractivity contribution < 1.29 is 18.3 Å². The first-order valence-corrected chi connectivity index (χ1v) is 11.1. The second kappa shape index (κ2) is 8.67. The molecule has 30 heavy (non-hydrogen) atoms. The topological polar surface area (TPSA) is 100 Å². The Kier molecular flexibility index (Phi) is 6.16. The number of fused-ring (bicyclic) bond motifs is 2. The Morgan fingerprint density at radius 1 is 1.27 bits per heavy atom. The molecule has 0 unspecified atom stereocenters. The zero-order valence-corrected chi connectivity index (χ0v) is 19.2. The summed E-state index contributed by atoms with van der Waals surface area (Å²) in [6, 6.07) is 0.364. The first-order valence-electron chi connectivity index (χ1n) is 9.22. The maximum atomic E-state index is 15.1. The van der Waals surface area contributed by atoms with Crippen LogP contribution >= 0.6 is 34.4 Å². The first-order chi connectivity index (χ1) is 14.4. The molecule has 2 aromatic heterocycles. The molecule has 0 radical (unpaired) electrons. The lowest BCUT2D eigenvalue weighted by molar-refractivity contribution is 0.168. The number of anilines is 1. The largest absolute Gasteiger partial charge is 0.450 e. The smallest absolute Gasteiger partial charge is 0.231 e. The second-order valence-electron chi connectivity index (χ2n) is 6.88. The van der Waals surface area contributed by atoms with Crippen LogP contribution in [0.2, 0.25) is 0 Å². The number of halogens is 3. The van der Waals surface area contributed by atoms with Crippen molar-refractivity contribution in [3.05, 3.63) is 21.5 Å². The van der Waals surface area contributed by atoms with Crippen molar-refractivity contribution in [2.75, 3.05) is 19.1 Å². The minimum atomic E-state index is -0.683. The molecule has 0 saturated heterocycles. The molecule has 0 amide bonds. The fraction of sp³-hybridized carbons (Fsp3) is 0.389. The summed E-state index contributed by atoms with van der Waals surface area (Å²) in [7, 11) is 0. The van der Waals surface area contributed by atoms with E-state index in [-0.39, 0.29) is 32.6 Å². The molecule has 0 spiro atoms. The zero-order chi connectivity index (χ0) is 21.4. The van der Waals surface area contributed by atoms with Crippen LogP contribution in [0.4, 0.5) is 14.6 Å². The van der Waals surface area contributed by atoms with Crippen LogP contribution in [-0.4, -0.2) is 38.9 Å². The van der Waals surface area contributed by atoms with Crippen molar-refractivity contribution >= 4 is 51.3 Å². The van der Waals surface area contributed by atoms with Gasteiger partial charge in [0.15, 0.2) is 33.8 Å². The summed E-state index contributed by atoms with van der Waals surface area (Å²) in [4.78, 5) is 12.9. The minimum absolute atomic E-state index is 0.0701. The molecule has 3 N–H and O–H groups in total. The van der Waals surface area contributed by atoms with Gasteiger partial charge in [-0.2, -0.15) is 0 Å². The summed E-state index contributed by atoms with van der Waals surface area (Å²) < 4.78 is 41.9. The molecular weight excluding hydrogens is 529 g/mol. The van der Waals surface area contributed by atoms with Gasteiger partial charge in [0.05, 0.1) is 8.47 Å². The Morgan fingerprint density at radius 3 is 2.73 bits per heavy atom. The standard InChI is InChI=1S/C18H19F2IN6O2S/c1-8(2)23-4-3-5-27-17-12(16(22)24-6-25-17)26-18(27)30-15-10(20)14-13(28-7-29-14)9(19)11(15)21/h6,8,23H,3-5,7H2,1-2H3,(H2,22,24,25)/i19+0,20+0. The molecule has 8 nitrogen and oxygen atoms in total. The molecule has 4 rings (SSSR count). The van der Waals surface area contributed by atoms with Crippen LogP contribution in [0, 0.1) is 15.2 Å². The SMILES string of the molecule is CC(C)NCCCn1c(Sc2c([19F])c3c(c([19F])c2I)OCO3)nc2c(N)ncnc21. The number of imidazole rings is 1. The van der Waals surface area contributed by atoms with Gasteiger partial charge < -0.3 is 25.1 Å². The van der Waals surface area contributed by atoms with Crippen molar-refractivity contribution in [1.29, 1.82) is 0 Å². The number of hydrogen-bond acceptors (Lipinski definition) is 8. The van der Waals surface area contributed by atoms with Crippen LogP contribution in [0.1, 0.15) is 20.3 Å². The zero-order valence-electron chi connectivity index (χ0n) is 16.2. The van der Waals surface area contributed by atoms with Gasteiger partial charge in [0.25, 0.3) is 0 Å². The first kappa shape index (κ1) is 21.3. The third-order valence-corrected chi connectivity index (χ3v) is 6.89. The highest BCUT2D eigenvalue weighted by Crippen LogP contribution is 2.46. The van der Waals surface area contributed by atoms with Gasteiger partial charge in [-0.25, -0.2) is 23.7 Å². The maximum absolute atomic E-state index is 15.1. The Hall–Kier alpha value is -1.93. The van der Waals surface area contributed by atoms with Crippen molar-refractivity contribution in [2.24, 2.45) is 0 Å². The van der Waals surface area contributed by atoms with Crippen LogP contribution in [0.15, 0.2) is 16.4 Å². The predicted octanol–water partition coefficient (Wildman–Crippen LogP) is 3.56. The molecule has 12 heteroatoms. The summed E-state index contributed by atoms with van der Waals surface area (Å²) >= 11 is 2.75. The number of aromatic nitrogens is 4. The van der Waals surface area contributed by atoms with Crippen molar-refractivity contribution in [1.82, 2.24) is 24.8 Å². The molecule has 0 atom stereocenters. The van der Waals surface area contributed by atoms with Gasteiger partial charge >= 0.3 is 0 Å². The Morgan fingerprint density at radius 2 is 2.00 bits per heavy atom. The van der Waals surface area contributed by atoms with E-state index in [1.807, 2.05) is 4.57 Å². The fourth-order valence-corrected chi connectivity index (χ4v) is 4.81. The summed E-state index contributed by atoms with van der Waals surface area (Å²) in [5.41, 5.74) is 6.94. The molecule has 0 aliphatic carbocycles. The van der Waals surface area contributed by atoms with E-state index in [0.717, 1.165) is 24.7 Å². The summed E-state index contributed by atoms with van der Waals surface area (Å²) in [5.74, 6) is -1.54. The normalized spacial score (nSPS) is 13.0. The Balaban J connectivity index is 1.73. The molecule has 1 aliphatic heterocycles. The Labute approximate surface area is 189 Å². The average Bonchev–Trinajstić information content (AvgIpc) is 3.33. The van der Waals surface area contributed by atoms with Gasteiger partial charge in [-0.15, -0.1) is 0 Å². The highest BCUT2D eigenvalue weighted by Gasteiger charge is 2.31. The van der Waals surface area contributed by atoms with Crippen LogP contribution in [0.25, 0.3) is 11.2 Å². The molecular formula is C18H19F2IN6O2S. The van der Waals surface area contributed by atoms with E-state index in [0.29, 0.717) is 28.9 Å². The lowest BCUT2D eigenvalue weighted by Gasteiger charge is -2.12. The molecule has 160 valence electrons. The second-order valence-corrected chi connectivity index (χ2v) is 8.93. The van der Waals surface area contributed by atoms with E-state index in [9.17, 15) is 4.39 Å². The van der Waals surface area contributed by atoms with E-state index < -0.39 is 11.6 Å². The number of nitrogens with one attached hydrogen (secondary N) is 1. The van der Waals surface area contributed by atoms with Crippen molar-refractivity contribution in [2.45, 2.75) is 42.9 Å². The number of nitrogens with zero attached hydrogens (tertiary/aromatic N) is 4. The van der Waals surface area contributed by atoms with Crippen LogP contribution < -0.4 is 20.5 Å². The third-order valence-electron chi connectivity index (χ3n) is 4.43. The highest BCUT2D eigenvalue weighted by atomic mass is 127. The number of benzene rings is 1. The van der Waals surface area contributed by atoms with E-state index in [1.165, 1.54) is 6.33 Å². The number of rotatable bonds is 7. The number of ether oxygens (including phenoxy) is 2. The number of aryl methyl sites for hydroxylation is 1. The van der Waals surface area contributed by atoms with Gasteiger partial charge in [0, 0.05) is 12.6 Å². The summed E-state index contributed by atoms with van der Waals surface area (Å²) in [5, 5.41) is 3.79. The number of nitrogens with two attached hydrogens (primary N) is 1. The molecule has 3 heterocycles. The van der Waals surface area contributed by atoms with Crippen molar-refractivity contribution in [3.8, 4) is 11.5 Å². The summed E-state index contributed by atoms with van der Waals surface area (Å²) in [6.07, 6.45) is 2.15. The van der Waals surface area contributed by atoms with Gasteiger partial charge in [-0.3, -0.25) is 0 Å².